The smallest absolute Gasteiger partial charge is 0.350 e. The molecule has 0 bridgehead atoms. The van der Waals surface area contributed by atoms with E-state index in [2.05, 4.69) is 15.9 Å². The molecule has 1 aromatic heterocycles. The van der Waals surface area contributed by atoms with Crippen LogP contribution in [0.1, 0.15) is 27.7 Å². The number of nitrogens with two attached hydrogens (primary N) is 1. The molecule has 0 fully saturated rings. The summed E-state index contributed by atoms with van der Waals surface area (Å²) in [6, 6.07) is 6.08. The zero-order valence-corrected chi connectivity index (χ0v) is 14.0. The number of anilines is 1. The molecule has 0 aliphatic carbocycles. The van der Waals surface area contributed by atoms with Crippen molar-refractivity contribution in [3.8, 4) is 10.4 Å². The van der Waals surface area contributed by atoms with Gasteiger partial charge >= 0.3 is 5.97 Å². The fourth-order valence-electron chi connectivity index (χ4n) is 1.97. The first-order valence-electron chi connectivity index (χ1n) is 6.28. The van der Waals surface area contributed by atoms with Crippen molar-refractivity contribution in [3.63, 3.8) is 0 Å². The first-order chi connectivity index (χ1) is 9.45. The third-order valence-corrected chi connectivity index (χ3v) is 4.91. The van der Waals surface area contributed by atoms with E-state index in [0.717, 1.165) is 26.0 Å². The topological polar surface area (TPSA) is 52.3 Å². The lowest BCUT2D eigenvalue weighted by Crippen LogP contribution is -2.05. The highest BCUT2D eigenvalue weighted by Crippen LogP contribution is 2.40. The summed E-state index contributed by atoms with van der Waals surface area (Å²) in [5.74, 6) is -0.350. The first kappa shape index (κ1) is 15.1. The molecule has 0 radical (unpaired) electrons. The van der Waals surface area contributed by atoms with Gasteiger partial charge in [-0.1, -0.05) is 22.0 Å². The quantitative estimate of drug-likeness (QED) is 0.823. The molecule has 2 aromatic rings. The minimum Gasteiger partial charge on any atom is -0.462 e. The summed E-state index contributed by atoms with van der Waals surface area (Å²) in [6.45, 7) is 6.11. The highest BCUT2D eigenvalue weighted by molar-refractivity contribution is 9.10. The molecule has 0 spiro atoms. The molecule has 2 N–H and O–H groups in total. The molecule has 0 aliphatic rings. The van der Waals surface area contributed by atoms with Gasteiger partial charge < -0.3 is 10.5 Å². The van der Waals surface area contributed by atoms with Crippen LogP contribution in [0.5, 0.6) is 0 Å². The number of rotatable bonds is 3. The van der Waals surface area contributed by atoms with Gasteiger partial charge in [-0.25, -0.2) is 4.79 Å². The van der Waals surface area contributed by atoms with Crippen LogP contribution in [0.15, 0.2) is 22.7 Å². The first-order valence-corrected chi connectivity index (χ1v) is 7.89. The SMILES string of the molecule is CCOC(=O)c1sc(-c2cc(Br)ccc2C)c(C)c1N. The van der Waals surface area contributed by atoms with E-state index in [-0.39, 0.29) is 5.97 Å². The van der Waals surface area contributed by atoms with Gasteiger partial charge in [0.1, 0.15) is 4.88 Å². The van der Waals surface area contributed by atoms with E-state index in [1.807, 2.05) is 32.0 Å². The van der Waals surface area contributed by atoms with Gasteiger partial charge in [0.05, 0.1) is 12.3 Å². The van der Waals surface area contributed by atoms with Crippen molar-refractivity contribution in [2.45, 2.75) is 20.8 Å². The van der Waals surface area contributed by atoms with E-state index in [4.69, 9.17) is 10.5 Å². The third-order valence-electron chi connectivity index (χ3n) is 3.10. The number of benzene rings is 1. The Morgan fingerprint density at radius 2 is 2.10 bits per heavy atom. The zero-order valence-electron chi connectivity index (χ0n) is 11.6. The van der Waals surface area contributed by atoms with Crippen molar-refractivity contribution in [3.05, 3.63) is 38.7 Å². The average Bonchev–Trinajstić information content (AvgIpc) is 2.70. The number of thiophene rings is 1. The molecular weight excluding hydrogens is 338 g/mol. The summed E-state index contributed by atoms with van der Waals surface area (Å²) in [5.41, 5.74) is 9.74. The molecule has 0 amide bonds. The van der Waals surface area contributed by atoms with E-state index in [0.29, 0.717) is 17.2 Å². The molecule has 5 heteroatoms. The molecule has 2 rings (SSSR count). The molecule has 106 valence electrons. The monoisotopic (exact) mass is 353 g/mol. The second-order valence-electron chi connectivity index (χ2n) is 4.48. The van der Waals surface area contributed by atoms with Crippen LogP contribution in [0.4, 0.5) is 5.69 Å². The second-order valence-corrected chi connectivity index (χ2v) is 6.41. The fraction of sp³-hybridized carbons (Fsp3) is 0.267. The van der Waals surface area contributed by atoms with Crippen LogP contribution >= 0.6 is 27.3 Å². The Hall–Kier alpha value is -1.33. The maximum absolute atomic E-state index is 11.9. The maximum Gasteiger partial charge on any atom is 0.350 e. The highest BCUT2D eigenvalue weighted by Gasteiger charge is 2.21. The normalized spacial score (nSPS) is 10.6. The standard InChI is InChI=1S/C15H16BrNO2S/c1-4-19-15(18)14-12(17)9(3)13(20-14)11-7-10(16)6-5-8(11)2/h5-7H,4,17H2,1-3H3. The number of ether oxygens (including phenoxy) is 1. The lowest BCUT2D eigenvalue weighted by Gasteiger charge is -2.05. The Balaban J connectivity index is 2.56. The molecule has 20 heavy (non-hydrogen) atoms. The number of hydrogen-bond acceptors (Lipinski definition) is 4. The van der Waals surface area contributed by atoms with Crippen LogP contribution in [-0.4, -0.2) is 12.6 Å². The predicted molar refractivity (Wildman–Crippen MR) is 87.3 cm³/mol. The van der Waals surface area contributed by atoms with E-state index in [1.165, 1.54) is 11.3 Å². The van der Waals surface area contributed by atoms with E-state index in [1.54, 1.807) is 6.92 Å². The molecule has 1 aromatic carbocycles. The van der Waals surface area contributed by atoms with Crippen molar-refractivity contribution >= 4 is 38.9 Å². The Morgan fingerprint density at radius 1 is 1.40 bits per heavy atom. The van der Waals surface area contributed by atoms with Crippen LogP contribution in [0.3, 0.4) is 0 Å². The molecule has 0 aliphatic heterocycles. The molecule has 0 atom stereocenters. The van der Waals surface area contributed by atoms with Gasteiger partial charge in [-0.2, -0.15) is 0 Å². The van der Waals surface area contributed by atoms with Gasteiger partial charge in [0.2, 0.25) is 0 Å². The minimum atomic E-state index is -0.350. The van der Waals surface area contributed by atoms with E-state index in [9.17, 15) is 4.79 Å². The summed E-state index contributed by atoms with van der Waals surface area (Å²) in [5, 5.41) is 0. The van der Waals surface area contributed by atoms with Gasteiger partial charge in [-0.3, -0.25) is 0 Å². The molecule has 0 saturated carbocycles. The van der Waals surface area contributed by atoms with Gasteiger partial charge in [-0.15, -0.1) is 11.3 Å². The molecule has 0 unspecified atom stereocenters. The number of hydrogen-bond donors (Lipinski definition) is 1. The Labute approximate surface area is 130 Å². The van der Waals surface area contributed by atoms with Crippen molar-refractivity contribution in [2.24, 2.45) is 0 Å². The highest BCUT2D eigenvalue weighted by atomic mass is 79.9. The number of aryl methyl sites for hydroxylation is 1. The molecular formula is C15H16BrNO2S. The van der Waals surface area contributed by atoms with Crippen molar-refractivity contribution < 1.29 is 9.53 Å². The Bertz CT molecular complexity index is 664. The summed E-state index contributed by atoms with van der Waals surface area (Å²) < 4.78 is 6.05. The van der Waals surface area contributed by atoms with Gasteiger partial charge in [0.15, 0.2) is 0 Å². The largest absolute Gasteiger partial charge is 0.462 e. The van der Waals surface area contributed by atoms with Crippen LogP contribution in [0, 0.1) is 13.8 Å². The average molecular weight is 354 g/mol. The molecule has 3 nitrogen and oxygen atoms in total. The van der Waals surface area contributed by atoms with Crippen LogP contribution in [-0.2, 0) is 4.74 Å². The summed E-state index contributed by atoms with van der Waals surface area (Å²) in [6.07, 6.45) is 0. The van der Waals surface area contributed by atoms with Crippen molar-refractivity contribution in [2.75, 3.05) is 12.3 Å². The lowest BCUT2D eigenvalue weighted by molar-refractivity contribution is 0.0533. The molecule has 0 saturated heterocycles. The van der Waals surface area contributed by atoms with E-state index >= 15 is 0 Å². The lowest BCUT2D eigenvalue weighted by atomic mass is 10.0. The summed E-state index contributed by atoms with van der Waals surface area (Å²) in [4.78, 5) is 13.4. The van der Waals surface area contributed by atoms with Crippen molar-refractivity contribution in [1.82, 2.24) is 0 Å². The van der Waals surface area contributed by atoms with Crippen LogP contribution in [0.2, 0.25) is 0 Å². The van der Waals surface area contributed by atoms with Gasteiger partial charge in [-0.05, 0) is 49.6 Å². The third kappa shape index (κ3) is 2.74. The predicted octanol–water partition coefficient (Wildman–Crippen LogP) is 4.55. The number of carbonyl (C=O) groups is 1. The maximum atomic E-state index is 11.9. The molecule has 1 heterocycles. The van der Waals surface area contributed by atoms with Gasteiger partial charge in [0, 0.05) is 9.35 Å². The fourth-order valence-corrected chi connectivity index (χ4v) is 3.53. The van der Waals surface area contributed by atoms with E-state index < -0.39 is 0 Å². The van der Waals surface area contributed by atoms with Crippen LogP contribution < -0.4 is 5.73 Å². The van der Waals surface area contributed by atoms with Crippen molar-refractivity contribution in [1.29, 1.82) is 0 Å². The van der Waals surface area contributed by atoms with Gasteiger partial charge in [0.25, 0.3) is 0 Å². The number of esters is 1. The van der Waals surface area contributed by atoms with Crippen LogP contribution in [0.25, 0.3) is 10.4 Å². The Morgan fingerprint density at radius 3 is 2.75 bits per heavy atom. The minimum absolute atomic E-state index is 0.348. The second kappa shape index (κ2) is 5.97. The number of carbonyl (C=O) groups excluding carboxylic acids is 1. The zero-order chi connectivity index (χ0) is 14.9. The summed E-state index contributed by atoms with van der Waals surface area (Å²) >= 11 is 4.87. The Kier molecular flexibility index (Phi) is 4.50. The number of halogens is 1. The number of nitrogen functional groups attached to an aromatic ring is 1. The summed E-state index contributed by atoms with van der Waals surface area (Å²) in [7, 11) is 0.